The van der Waals surface area contributed by atoms with Crippen molar-refractivity contribution >= 4 is 11.6 Å². The number of benzene rings is 1. The summed E-state index contributed by atoms with van der Waals surface area (Å²) in [7, 11) is 1.66. The monoisotopic (exact) mass is 310 g/mol. The Kier molecular flexibility index (Phi) is 10.0. The molecule has 0 aromatic heterocycles. The van der Waals surface area contributed by atoms with E-state index in [0.717, 1.165) is 18.7 Å². The predicted molar refractivity (Wildman–Crippen MR) is 86.4 cm³/mol. The van der Waals surface area contributed by atoms with Gasteiger partial charge < -0.3 is 24.8 Å². The first kappa shape index (κ1) is 18.4. The van der Waals surface area contributed by atoms with E-state index in [9.17, 15) is 4.79 Å². The Hall–Kier alpha value is -1.63. The van der Waals surface area contributed by atoms with Gasteiger partial charge in [0.2, 0.25) is 5.91 Å². The van der Waals surface area contributed by atoms with Crippen molar-refractivity contribution in [2.75, 3.05) is 51.9 Å². The van der Waals surface area contributed by atoms with Crippen LogP contribution in [0.4, 0.5) is 5.69 Å². The first-order valence-electron chi connectivity index (χ1n) is 7.56. The van der Waals surface area contributed by atoms with Crippen LogP contribution in [-0.2, 0) is 14.3 Å². The Labute approximate surface area is 132 Å². The second kappa shape index (κ2) is 12.0. The molecule has 0 spiro atoms. The lowest BCUT2D eigenvalue weighted by Crippen LogP contribution is -2.29. The van der Waals surface area contributed by atoms with Crippen molar-refractivity contribution in [1.29, 1.82) is 0 Å². The highest BCUT2D eigenvalue weighted by atomic mass is 16.5. The summed E-state index contributed by atoms with van der Waals surface area (Å²) in [6.07, 6.45) is 0.882. The average Bonchev–Trinajstić information content (AvgIpc) is 2.52. The van der Waals surface area contributed by atoms with E-state index < -0.39 is 0 Å². The summed E-state index contributed by atoms with van der Waals surface area (Å²) in [5.74, 6) is 0.634. The summed E-state index contributed by atoms with van der Waals surface area (Å²) in [4.78, 5) is 11.8. The summed E-state index contributed by atoms with van der Waals surface area (Å²) in [6, 6.07) is 7.33. The van der Waals surface area contributed by atoms with Crippen molar-refractivity contribution in [3.05, 3.63) is 24.3 Å². The SMILES string of the molecule is CCOCCOc1cccc(NC(=O)CNCCCOC)c1. The molecule has 0 atom stereocenters. The minimum atomic E-state index is -0.0797. The van der Waals surface area contributed by atoms with Crippen LogP contribution in [0.3, 0.4) is 0 Å². The van der Waals surface area contributed by atoms with Crippen LogP contribution < -0.4 is 15.4 Å². The topological polar surface area (TPSA) is 68.8 Å². The van der Waals surface area contributed by atoms with Crippen LogP contribution in [0.25, 0.3) is 0 Å². The fourth-order valence-corrected chi connectivity index (χ4v) is 1.78. The van der Waals surface area contributed by atoms with Gasteiger partial charge in [-0.25, -0.2) is 0 Å². The van der Waals surface area contributed by atoms with Gasteiger partial charge in [-0.05, 0) is 32.0 Å². The number of methoxy groups -OCH3 is 1. The average molecular weight is 310 g/mol. The van der Waals surface area contributed by atoms with Crippen molar-refractivity contribution in [2.45, 2.75) is 13.3 Å². The number of ether oxygens (including phenoxy) is 3. The van der Waals surface area contributed by atoms with E-state index in [0.29, 0.717) is 32.2 Å². The molecule has 0 unspecified atom stereocenters. The van der Waals surface area contributed by atoms with Crippen molar-refractivity contribution in [2.24, 2.45) is 0 Å². The van der Waals surface area contributed by atoms with Crippen LogP contribution in [0, 0.1) is 0 Å². The van der Waals surface area contributed by atoms with Gasteiger partial charge in [0.05, 0.1) is 13.2 Å². The molecule has 0 aliphatic rings. The van der Waals surface area contributed by atoms with Crippen LogP contribution in [-0.4, -0.2) is 52.5 Å². The molecule has 1 aromatic carbocycles. The molecule has 6 nitrogen and oxygen atoms in total. The molecule has 1 amide bonds. The number of hydrogen-bond acceptors (Lipinski definition) is 5. The number of anilines is 1. The van der Waals surface area contributed by atoms with Gasteiger partial charge >= 0.3 is 0 Å². The fraction of sp³-hybridized carbons (Fsp3) is 0.562. The normalized spacial score (nSPS) is 10.5. The zero-order valence-corrected chi connectivity index (χ0v) is 13.4. The molecule has 0 fully saturated rings. The first-order chi connectivity index (χ1) is 10.8. The van der Waals surface area contributed by atoms with E-state index in [4.69, 9.17) is 14.2 Å². The molecule has 0 saturated heterocycles. The maximum Gasteiger partial charge on any atom is 0.238 e. The number of carbonyl (C=O) groups is 1. The summed E-state index contributed by atoms with van der Waals surface area (Å²) in [5, 5.41) is 5.89. The maximum atomic E-state index is 11.8. The van der Waals surface area contributed by atoms with Gasteiger partial charge in [-0.2, -0.15) is 0 Å². The van der Waals surface area contributed by atoms with Gasteiger partial charge in [-0.1, -0.05) is 6.07 Å². The number of carbonyl (C=O) groups excluding carboxylic acids is 1. The molecule has 2 N–H and O–H groups in total. The summed E-state index contributed by atoms with van der Waals surface area (Å²) < 4.78 is 15.7. The van der Waals surface area contributed by atoms with E-state index in [2.05, 4.69) is 10.6 Å². The zero-order valence-electron chi connectivity index (χ0n) is 13.4. The Morgan fingerprint density at radius 2 is 2.09 bits per heavy atom. The molecular weight excluding hydrogens is 284 g/mol. The maximum absolute atomic E-state index is 11.8. The largest absolute Gasteiger partial charge is 0.491 e. The van der Waals surface area contributed by atoms with Crippen LogP contribution in [0.2, 0.25) is 0 Å². The second-order valence-electron chi connectivity index (χ2n) is 4.64. The highest BCUT2D eigenvalue weighted by Gasteiger charge is 2.03. The number of nitrogens with one attached hydrogen (secondary N) is 2. The predicted octanol–water partition coefficient (Wildman–Crippen LogP) is 1.67. The Balaban J connectivity index is 2.27. The van der Waals surface area contributed by atoms with E-state index in [1.807, 2.05) is 25.1 Å². The Bertz CT molecular complexity index is 426. The lowest BCUT2D eigenvalue weighted by atomic mass is 10.3. The third-order valence-electron chi connectivity index (χ3n) is 2.81. The van der Waals surface area contributed by atoms with Gasteiger partial charge in [0.15, 0.2) is 0 Å². The van der Waals surface area contributed by atoms with E-state index in [1.54, 1.807) is 13.2 Å². The quantitative estimate of drug-likeness (QED) is 0.575. The molecule has 6 heteroatoms. The van der Waals surface area contributed by atoms with Crippen LogP contribution in [0.5, 0.6) is 5.75 Å². The van der Waals surface area contributed by atoms with Gasteiger partial charge in [-0.15, -0.1) is 0 Å². The lowest BCUT2D eigenvalue weighted by molar-refractivity contribution is -0.115. The van der Waals surface area contributed by atoms with Crippen LogP contribution >= 0.6 is 0 Å². The van der Waals surface area contributed by atoms with Crippen molar-refractivity contribution in [1.82, 2.24) is 5.32 Å². The van der Waals surface area contributed by atoms with Gasteiger partial charge in [-0.3, -0.25) is 4.79 Å². The lowest BCUT2D eigenvalue weighted by Gasteiger charge is -2.10. The Morgan fingerprint density at radius 3 is 2.86 bits per heavy atom. The molecular formula is C16H26N2O4. The second-order valence-corrected chi connectivity index (χ2v) is 4.64. The minimum Gasteiger partial charge on any atom is -0.491 e. The first-order valence-corrected chi connectivity index (χ1v) is 7.56. The molecule has 0 aliphatic heterocycles. The molecule has 0 radical (unpaired) electrons. The fourth-order valence-electron chi connectivity index (χ4n) is 1.78. The van der Waals surface area contributed by atoms with E-state index in [1.165, 1.54) is 0 Å². The smallest absolute Gasteiger partial charge is 0.238 e. The third kappa shape index (κ3) is 8.61. The number of rotatable bonds is 12. The molecule has 22 heavy (non-hydrogen) atoms. The van der Waals surface area contributed by atoms with E-state index >= 15 is 0 Å². The molecule has 0 heterocycles. The molecule has 0 saturated carbocycles. The molecule has 0 aliphatic carbocycles. The summed E-state index contributed by atoms with van der Waals surface area (Å²) in [6.45, 7) is 5.39. The van der Waals surface area contributed by atoms with Gasteiger partial charge in [0.1, 0.15) is 12.4 Å². The minimum absolute atomic E-state index is 0.0797. The number of hydrogen-bond donors (Lipinski definition) is 2. The Morgan fingerprint density at radius 1 is 1.23 bits per heavy atom. The molecule has 1 aromatic rings. The third-order valence-corrected chi connectivity index (χ3v) is 2.81. The van der Waals surface area contributed by atoms with Crippen molar-refractivity contribution in [3.63, 3.8) is 0 Å². The van der Waals surface area contributed by atoms with Crippen molar-refractivity contribution in [3.8, 4) is 5.75 Å². The molecule has 124 valence electrons. The summed E-state index contributed by atoms with van der Waals surface area (Å²) in [5.41, 5.74) is 0.720. The van der Waals surface area contributed by atoms with Gasteiger partial charge in [0, 0.05) is 32.1 Å². The standard InChI is InChI=1S/C16H26N2O4/c1-3-21-10-11-22-15-7-4-6-14(12-15)18-16(19)13-17-8-5-9-20-2/h4,6-7,12,17H,3,5,8-11,13H2,1-2H3,(H,18,19). The van der Waals surface area contributed by atoms with E-state index in [-0.39, 0.29) is 12.5 Å². The van der Waals surface area contributed by atoms with Crippen LogP contribution in [0.1, 0.15) is 13.3 Å². The highest BCUT2D eigenvalue weighted by molar-refractivity contribution is 5.92. The summed E-state index contributed by atoms with van der Waals surface area (Å²) >= 11 is 0. The molecule has 0 bridgehead atoms. The van der Waals surface area contributed by atoms with Crippen molar-refractivity contribution < 1.29 is 19.0 Å². The van der Waals surface area contributed by atoms with Gasteiger partial charge in [0.25, 0.3) is 0 Å². The number of amides is 1. The van der Waals surface area contributed by atoms with Crippen LogP contribution in [0.15, 0.2) is 24.3 Å². The highest BCUT2D eigenvalue weighted by Crippen LogP contribution is 2.17. The molecule has 1 rings (SSSR count). The zero-order chi connectivity index (χ0) is 16.0.